The summed E-state index contributed by atoms with van der Waals surface area (Å²) in [6, 6.07) is 9.31. The van der Waals surface area contributed by atoms with Crippen molar-refractivity contribution in [1.29, 1.82) is 5.26 Å². The maximum absolute atomic E-state index is 13.3. The predicted molar refractivity (Wildman–Crippen MR) is 150 cm³/mol. The van der Waals surface area contributed by atoms with Crippen LogP contribution in [0.3, 0.4) is 0 Å². The zero-order valence-electron chi connectivity index (χ0n) is 22.8. The molecule has 4 rings (SSSR count). The Balaban J connectivity index is 1.69. The van der Waals surface area contributed by atoms with Crippen molar-refractivity contribution in [2.75, 3.05) is 19.0 Å². The number of nitriles is 1. The molecule has 1 N–H and O–H groups in total. The van der Waals surface area contributed by atoms with Gasteiger partial charge in [-0.2, -0.15) is 5.26 Å². The van der Waals surface area contributed by atoms with Crippen LogP contribution in [-0.2, 0) is 27.1 Å². The highest BCUT2D eigenvalue weighted by molar-refractivity contribution is 7.17. The van der Waals surface area contributed by atoms with E-state index in [0.717, 1.165) is 58.8 Å². The molecular formula is C30H31N3O5S. The van der Waals surface area contributed by atoms with Gasteiger partial charge in [-0.05, 0) is 94.3 Å². The molecule has 202 valence electrons. The van der Waals surface area contributed by atoms with E-state index < -0.39 is 17.8 Å². The van der Waals surface area contributed by atoms with Gasteiger partial charge in [0.05, 0.1) is 24.8 Å². The number of rotatable bonds is 7. The Hall–Kier alpha value is -4.16. The number of thiophene rings is 1. The van der Waals surface area contributed by atoms with Gasteiger partial charge in [0.2, 0.25) is 0 Å². The van der Waals surface area contributed by atoms with E-state index in [1.54, 1.807) is 25.1 Å². The van der Waals surface area contributed by atoms with Gasteiger partial charge in [0.15, 0.2) is 0 Å². The summed E-state index contributed by atoms with van der Waals surface area (Å²) in [4.78, 5) is 39.3. The van der Waals surface area contributed by atoms with E-state index in [1.165, 1.54) is 18.4 Å². The van der Waals surface area contributed by atoms with Crippen LogP contribution in [-0.4, -0.2) is 36.1 Å². The molecular weight excluding hydrogens is 514 g/mol. The summed E-state index contributed by atoms with van der Waals surface area (Å²) in [5.41, 5.74) is 5.65. The van der Waals surface area contributed by atoms with Crippen LogP contribution in [0.5, 0.6) is 0 Å². The molecule has 0 spiro atoms. The first-order valence-corrected chi connectivity index (χ1v) is 13.6. The molecule has 0 atom stereocenters. The van der Waals surface area contributed by atoms with Gasteiger partial charge >= 0.3 is 11.9 Å². The Bertz CT molecular complexity index is 1540. The molecule has 0 aliphatic heterocycles. The SMILES string of the molecule is CCOC(=O)c1c(NC(=O)/C(C#N)=C\c2cc(C)n(-c3cccc(C(=O)OC)c3C)c2C)sc2c1CCCC2. The lowest BCUT2D eigenvalue weighted by molar-refractivity contribution is -0.112. The van der Waals surface area contributed by atoms with Gasteiger partial charge in [0, 0.05) is 22.0 Å². The molecule has 1 aliphatic carbocycles. The Morgan fingerprint density at radius 1 is 1.15 bits per heavy atom. The van der Waals surface area contributed by atoms with Gasteiger partial charge in [-0.25, -0.2) is 9.59 Å². The van der Waals surface area contributed by atoms with Crippen LogP contribution >= 0.6 is 11.3 Å². The highest BCUT2D eigenvalue weighted by Crippen LogP contribution is 2.39. The number of fused-ring (bicyclic) bond motifs is 1. The lowest BCUT2D eigenvalue weighted by atomic mass is 9.95. The first-order chi connectivity index (χ1) is 18.7. The molecule has 9 heteroatoms. The first kappa shape index (κ1) is 27.9. The monoisotopic (exact) mass is 545 g/mol. The number of carbonyl (C=O) groups excluding carboxylic acids is 3. The van der Waals surface area contributed by atoms with Crippen molar-refractivity contribution < 1.29 is 23.9 Å². The number of methoxy groups -OCH3 is 1. The van der Waals surface area contributed by atoms with Gasteiger partial charge in [-0.1, -0.05) is 6.07 Å². The van der Waals surface area contributed by atoms with Crippen molar-refractivity contribution in [1.82, 2.24) is 4.57 Å². The number of aryl methyl sites for hydroxylation is 2. The smallest absolute Gasteiger partial charge is 0.341 e. The van der Waals surface area contributed by atoms with E-state index in [9.17, 15) is 19.6 Å². The number of nitrogens with one attached hydrogen (secondary N) is 1. The fraction of sp³-hybridized carbons (Fsp3) is 0.333. The van der Waals surface area contributed by atoms with E-state index in [4.69, 9.17) is 9.47 Å². The number of esters is 2. The van der Waals surface area contributed by atoms with Crippen LogP contribution in [0.2, 0.25) is 0 Å². The highest BCUT2D eigenvalue weighted by Gasteiger charge is 2.28. The van der Waals surface area contributed by atoms with Crippen molar-refractivity contribution in [3.63, 3.8) is 0 Å². The van der Waals surface area contributed by atoms with Crippen molar-refractivity contribution in [3.8, 4) is 11.8 Å². The average molecular weight is 546 g/mol. The number of ether oxygens (including phenoxy) is 2. The van der Waals surface area contributed by atoms with Crippen LogP contribution < -0.4 is 5.32 Å². The Kier molecular flexibility index (Phi) is 8.36. The van der Waals surface area contributed by atoms with Gasteiger partial charge in [-0.3, -0.25) is 4.79 Å². The Labute approximate surface area is 231 Å². The van der Waals surface area contributed by atoms with Crippen LogP contribution in [0.25, 0.3) is 11.8 Å². The number of hydrogen-bond donors (Lipinski definition) is 1. The summed E-state index contributed by atoms with van der Waals surface area (Å²) < 4.78 is 12.2. The molecule has 0 bridgehead atoms. The molecule has 3 aromatic rings. The summed E-state index contributed by atoms with van der Waals surface area (Å²) in [6.45, 7) is 7.64. The normalized spacial score (nSPS) is 12.9. The number of aromatic nitrogens is 1. The summed E-state index contributed by atoms with van der Waals surface area (Å²) in [5.74, 6) is -1.46. The fourth-order valence-electron chi connectivity index (χ4n) is 5.05. The third-order valence-corrected chi connectivity index (χ3v) is 8.17. The minimum Gasteiger partial charge on any atom is -0.465 e. The van der Waals surface area contributed by atoms with Gasteiger partial charge in [-0.15, -0.1) is 11.3 Å². The van der Waals surface area contributed by atoms with Crippen molar-refractivity contribution in [3.05, 3.63) is 73.9 Å². The van der Waals surface area contributed by atoms with Crippen LogP contribution in [0.15, 0.2) is 29.8 Å². The largest absolute Gasteiger partial charge is 0.465 e. The van der Waals surface area contributed by atoms with E-state index in [2.05, 4.69) is 5.32 Å². The minimum atomic E-state index is -0.588. The highest BCUT2D eigenvalue weighted by atomic mass is 32.1. The molecule has 0 radical (unpaired) electrons. The molecule has 1 aromatic carbocycles. The van der Waals surface area contributed by atoms with Gasteiger partial charge in [0.1, 0.15) is 16.6 Å². The first-order valence-electron chi connectivity index (χ1n) is 12.8. The maximum atomic E-state index is 13.3. The molecule has 8 nitrogen and oxygen atoms in total. The number of nitrogens with zero attached hydrogens (tertiary/aromatic N) is 2. The second-order valence-electron chi connectivity index (χ2n) is 9.36. The van der Waals surface area contributed by atoms with E-state index in [0.29, 0.717) is 21.7 Å². The second-order valence-corrected chi connectivity index (χ2v) is 10.5. The third-order valence-electron chi connectivity index (χ3n) is 6.96. The lowest BCUT2D eigenvalue weighted by Gasteiger charge is -2.15. The third kappa shape index (κ3) is 5.38. The molecule has 0 saturated carbocycles. The predicted octanol–water partition coefficient (Wildman–Crippen LogP) is 5.85. The quantitative estimate of drug-likeness (QED) is 0.226. The molecule has 2 heterocycles. The van der Waals surface area contributed by atoms with Crippen LogP contribution in [0.1, 0.15) is 73.4 Å². The van der Waals surface area contributed by atoms with Crippen molar-refractivity contribution >= 4 is 40.3 Å². The number of benzene rings is 1. The Morgan fingerprint density at radius 3 is 2.59 bits per heavy atom. The molecule has 2 aromatic heterocycles. The molecule has 39 heavy (non-hydrogen) atoms. The standard InChI is InChI=1S/C30H31N3O5S/c1-6-38-30(36)26-23-10-7-8-13-25(23)39-28(26)32-27(34)21(16-31)15-20-14-17(2)33(19(20)4)24-12-9-11-22(18(24)3)29(35)37-5/h9,11-12,14-15H,6-8,10,13H2,1-5H3,(H,32,34)/b21-15-. The number of amides is 1. The molecule has 0 unspecified atom stereocenters. The van der Waals surface area contributed by atoms with Crippen molar-refractivity contribution in [2.45, 2.75) is 53.4 Å². The summed E-state index contributed by atoms with van der Waals surface area (Å²) in [6.07, 6.45) is 5.17. The average Bonchev–Trinajstić information content (AvgIpc) is 3.42. The summed E-state index contributed by atoms with van der Waals surface area (Å²) in [7, 11) is 1.35. The lowest BCUT2D eigenvalue weighted by Crippen LogP contribution is -2.16. The number of carbonyl (C=O) groups is 3. The fourth-order valence-corrected chi connectivity index (χ4v) is 6.32. The molecule has 0 fully saturated rings. The van der Waals surface area contributed by atoms with Gasteiger partial charge < -0.3 is 19.4 Å². The molecule has 1 amide bonds. The van der Waals surface area contributed by atoms with Gasteiger partial charge in [0.25, 0.3) is 5.91 Å². The summed E-state index contributed by atoms with van der Waals surface area (Å²) >= 11 is 1.38. The van der Waals surface area contributed by atoms with E-state index >= 15 is 0 Å². The zero-order chi connectivity index (χ0) is 28.3. The van der Waals surface area contributed by atoms with E-state index in [-0.39, 0.29) is 12.2 Å². The van der Waals surface area contributed by atoms with E-state index in [1.807, 2.05) is 43.5 Å². The Morgan fingerprint density at radius 2 is 1.90 bits per heavy atom. The van der Waals surface area contributed by atoms with Crippen molar-refractivity contribution in [2.24, 2.45) is 0 Å². The molecule has 0 saturated heterocycles. The minimum absolute atomic E-state index is 0.0866. The maximum Gasteiger partial charge on any atom is 0.341 e. The summed E-state index contributed by atoms with van der Waals surface area (Å²) in [5, 5.41) is 13.1. The number of anilines is 1. The second kappa shape index (κ2) is 11.7. The van der Waals surface area contributed by atoms with Crippen LogP contribution in [0.4, 0.5) is 5.00 Å². The number of hydrogen-bond acceptors (Lipinski definition) is 7. The zero-order valence-corrected chi connectivity index (χ0v) is 23.6. The molecule has 1 aliphatic rings. The van der Waals surface area contributed by atoms with Crippen LogP contribution in [0, 0.1) is 32.1 Å². The topological polar surface area (TPSA) is 110 Å².